The van der Waals surface area contributed by atoms with Crippen molar-refractivity contribution in [2.75, 3.05) is 0 Å². The van der Waals surface area contributed by atoms with Crippen LogP contribution in [0.2, 0.25) is 18.1 Å². The lowest BCUT2D eigenvalue weighted by molar-refractivity contribution is 0.702. The number of aryl methyl sites for hydroxylation is 1. The van der Waals surface area contributed by atoms with E-state index in [2.05, 4.69) is 60.3 Å². The van der Waals surface area contributed by atoms with Gasteiger partial charge in [0.2, 0.25) is 0 Å². The normalized spacial score (nSPS) is 13.3. The fraction of sp³-hybridized carbons (Fsp3) is 0.538. The van der Waals surface area contributed by atoms with Crippen LogP contribution < -0.4 is 0 Å². The number of fused-ring (bicyclic) bond motifs is 1. The summed E-state index contributed by atoms with van der Waals surface area (Å²) in [6.07, 6.45) is 3.85. The highest BCUT2D eigenvalue weighted by atomic mass is 28.3. The first-order valence-corrected chi connectivity index (χ1v) is 8.99. The Morgan fingerprint density at radius 1 is 1.18 bits per heavy atom. The molecule has 2 aromatic rings. The number of hydrogen-bond donors (Lipinski definition) is 0. The van der Waals surface area contributed by atoms with E-state index < -0.39 is 8.24 Å². The van der Waals surface area contributed by atoms with Crippen LogP contribution in [0.4, 0.5) is 0 Å². The predicted molar refractivity (Wildman–Crippen MR) is 74.9 cm³/mol. The number of hydrogen-bond acceptors (Lipinski definition) is 2. The van der Waals surface area contributed by atoms with Crippen molar-refractivity contribution >= 4 is 19.3 Å². The molecule has 0 spiro atoms. The summed E-state index contributed by atoms with van der Waals surface area (Å²) < 4.78 is 2.40. The van der Waals surface area contributed by atoms with Crippen molar-refractivity contribution in [3.8, 4) is 0 Å². The Balaban J connectivity index is 2.69. The molecule has 92 valence electrons. The van der Waals surface area contributed by atoms with E-state index in [9.17, 15) is 0 Å². The predicted octanol–water partition coefficient (Wildman–Crippen LogP) is 3.59. The zero-order valence-electron chi connectivity index (χ0n) is 11.6. The monoisotopic (exact) mass is 247 g/mol. The molecule has 0 fully saturated rings. The molecule has 0 aromatic carbocycles. The average Bonchev–Trinajstić information content (AvgIpc) is 2.61. The molecule has 2 aromatic heterocycles. The second kappa shape index (κ2) is 3.67. The molecule has 0 unspecified atom stereocenters. The highest BCUT2D eigenvalue weighted by molar-refractivity contribution is 6.79. The minimum absolute atomic E-state index is 0.303. The van der Waals surface area contributed by atoms with Gasteiger partial charge in [-0.25, -0.2) is 9.97 Å². The molecular formula is C13H21N3Si. The van der Waals surface area contributed by atoms with Gasteiger partial charge in [-0.15, -0.1) is 0 Å². The summed E-state index contributed by atoms with van der Waals surface area (Å²) in [4.78, 5) is 8.72. The number of nitrogens with zero attached hydrogens (tertiary/aromatic N) is 3. The van der Waals surface area contributed by atoms with Crippen LogP contribution in [-0.2, 0) is 0 Å². The Morgan fingerprint density at radius 2 is 1.82 bits per heavy atom. The van der Waals surface area contributed by atoms with Crippen LogP contribution in [0.25, 0.3) is 11.0 Å². The van der Waals surface area contributed by atoms with Crippen molar-refractivity contribution in [1.29, 1.82) is 0 Å². The molecule has 3 nitrogen and oxygen atoms in total. The summed E-state index contributed by atoms with van der Waals surface area (Å²) in [5.74, 6) is 0. The van der Waals surface area contributed by atoms with Crippen LogP contribution >= 0.6 is 0 Å². The Kier molecular flexibility index (Phi) is 2.65. The van der Waals surface area contributed by atoms with Crippen molar-refractivity contribution < 1.29 is 0 Å². The van der Waals surface area contributed by atoms with E-state index >= 15 is 0 Å². The van der Waals surface area contributed by atoms with Crippen molar-refractivity contribution in [2.45, 2.75) is 45.8 Å². The Hall–Kier alpha value is -1.16. The minimum atomic E-state index is -1.59. The van der Waals surface area contributed by atoms with Crippen LogP contribution in [0.1, 0.15) is 26.5 Å². The van der Waals surface area contributed by atoms with Gasteiger partial charge in [-0.05, 0) is 24.2 Å². The van der Waals surface area contributed by atoms with E-state index in [1.54, 1.807) is 6.33 Å². The number of aromatic nitrogens is 3. The molecule has 0 saturated heterocycles. The molecular weight excluding hydrogens is 226 g/mol. The van der Waals surface area contributed by atoms with Gasteiger partial charge in [-0.2, -0.15) is 0 Å². The first-order chi connectivity index (χ1) is 7.75. The molecule has 0 bridgehead atoms. The maximum Gasteiger partial charge on any atom is 0.163 e. The van der Waals surface area contributed by atoms with E-state index in [1.807, 2.05) is 6.92 Å². The molecule has 2 rings (SSSR count). The molecule has 0 amide bonds. The molecule has 0 N–H and O–H groups in total. The van der Waals surface area contributed by atoms with Gasteiger partial charge in [-0.1, -0.05) is 33.9 Å². The maximum absolute atomic E-state index is 4.47. The van der Waals surface area contributed by atoms with Gasteiger partial charge >= 0.3 is 0 Å². The topological polar surface area (TPSA) is 30.7 Å². The van der Waals surface area contributed by atoms with Crippen LogP contribution in [0.3, 0.4) is 0 Å². The second-order valence-corrected chi connectivity index (χ2v) is 11.3. The lowest BCUT2D eigenvalue weighted by atomic mass is 10.2. The first kappa shape index (κ1) is 12.3. The zero-order chi connectivity index (χ0) is 12.8. The molecule has 17 heavy (non-hydrogen) atoms. The summed E-state index contributed by atoms with van der Waals surface area (Å²) in [5.41, 5.74) is 2.15. The highest BCUT2D eigenvalue weighted by Crippen LogP contribution is 2.38. The molecule has 4 heteroatoms. The second-order valence-electron chi connectivity index (χ2n) is 6.19. The Bertz CT molecular complexity index is 549. The van der Waals surface area contributed by atoms with Crippen molar-refractivity contribution in [3.63, 3.8) is 0 Å². The van der Waals surface area contributed by atoms with Gasteiger partial charge < -0.3 is 4.23 Å². The van der Waals surface area contributed by atoms with Gasteiger partial charge in [0.25, 0.3) is 0 Å². The molecule has 0 atom stereocenters. The van der Waals surface area contributed by atoms with Crippen LogP contribution in [0.15, 0.2) is 18.6 Å². The lowest BCUT2D eigenvalue weighted by Crippen LogP contribution is -2.45. The summed E-state index contributed by atoms with van der Waals surface area (Å²) in [6, 6.07) is 2.14. The van der Waals surface area contributed by atoms with E-state index in [0.29, 0.717) is 5.04 Å². The van der Waals surface area contributed by atoms with Crippen LogP contribution in [-0.4, -0.2) is 22.4 Å². The average molecular weight is 247 g/mol. The minimum Gasteiger partial charge on any atom is -0.359 e. The highest BCUT2D eigenvalue weighted by Gasteiger charge is 2.38. The van der Waals surface area contributed by atoms with Crippen molar-refractivity contribution in [2.24, 2.45) is 0 Å². The summed E-state index contributed by atoms with van der Waals surface area (Å²) in [6.45, 7) is 13.8. The van der Waals surface area contributed by atoms with Gasteiger partial charge in [0, 0.05) is 5.39 Å². The third kappa shape index (κ3) is 1.80. The van der Waals surface area contributed by atoms with Gasteiger partial charge in [0.1, 0.15) is 12.0 Å². The summed E-state index contributed by atoms with van der Waals surface area (Å²) in [7, 11) is -1.59. The molecule has 0 aliphatic carbocycles. The maximum atomic E-state index is 4.47. The van der Waals surface area contributed by atoms with Crippen LogP contribution in [0, 0.1) is 6.92 Å². The Morgan fingerprint density at radius 3 is 2.41 bits per heavy atom. The molecule has 2 heterocycles. The third-order valence-electron chi connectivity index (χ3n) is 4.12. The van der Waals surface area contributed by atoms with Crippen molar-refractivity contribution in [1.82, 2.24) is 14.2 Å². The standard InChI is InChI=1S/C13H21N3Si/c1-10-11-7-8-16(12(11)15-9-14-10)17(5,6)13(2,3)4/h7-9H,1-6H3. The fourth-order valence-electron chi connectivity index (χ4n) is 1.89. The fourth-order valence-corrected chi connectivity index (χ4v) is 3.77. The van der Waals surface area contributed by atoms with Gasteiger partial charge in [0.05, 0.1) is 5.69 Å². The number of rotatable bonds is 1. The Labute approximate surface area is 104 Å². The summed E-state index contributed by atoms with van der Waals surface area (Å²) >= 11 is 0. The largest absolute Gasteiger partial charge is 0.359 e. The van der Waals surface area contributed by atoms with Crippen molar-refractivity contribution in [3.05, 3.63) is 24.3 Å². The third-order valence-corrected chi connectivity index (χ3v) is 9.35. The molecule has 0 radical (unpaired) electrons. The lowest BCUT2D eigenvalue weighted by Gasteiger charge is -2.38. The zero-order valence-corrected chi connectivity index (χ0v) is 12.6. The van der Waals surface area contributed by atoms with E-state index in [0.717, 1.165) is 11.3 Å². The quantitative estimate of drug-likeness (QED) is 0.721. The smallest absolute Gasteiger partial charge is 0.163 e. The SMILES string of the molecule is Cc1ncnc2c1ccn2[Si](C)(C)C(C)(C)C. The van der Waals surface area contributed by atoms with Gasteiger partial charge in [0.15, 0.2) is 8.24 Å². The molecule has 0 saturated carbocycles. The molecule has 0 aliphatic rings. The van der Waals surface area contributed by atoms with E-state index in [-0.39, 0.29) is 0 Å². The first-order valence-electron chi connectivity index (χ1n) is 6.04. The van der Waals surface area contributed by atoms with E-state index in [4.69, 9.17) is 0 Å². The van der Waals surface area contributed by atoms with Crippen LogP contribution in [0.5, 0.6) is 0 Å². The van der Waals surface area contributed by atoms with E-state index in [1.165, 1.54) is 5.39 Å². The molecule has 0 aliphatic heterocycles. The van der Waals surface area contributed by atoms with Gasteiger partial charge in [-0.3, -0.25) is 0 Å². The summed E-state index contributed by atoms with van der Waals surface area (Å²) in [5, 5.41) is 1.48.